The Hall–Kier alpha value is -4.11. The number of methoxy groups -OCH3 is 2. The lowest BCUT2D eigenvalue weighted by atomic mass is 10.1. The first-order chi connectivity index (χ1) is 17.9. The Morgan fingerprint density at radius 1 is 0.919 bits per heavy atom. The minimum absolute atomic E-state index is 0.0913. The highest BCUT2D eigenvalue weighted by Crippen LogP contribution is 2.38. The van der Waals surface area contributed by atoms with E-state index in [4.69, 9.17) is 9.47 Å². The number of carbonyl (C=O) groups is 4. The van der Waals surface area contributed by atoms with Gasteiger partial charge in [-0.2, -0.15) is 0 Å². The van der Waals surface area contributed by atoms with Gasteiger partial charge in [-0.05, 0) is 47.9 Å². The summed E-state index contributed by atoms with van der Waals surface area (Å²) in [6.07, 6.45) is 0.761. The summed E-state index contributed by atoms with van der Waals surface area (Å²) in [7, 11) is 2.48. The number of ether oxygens (including phenoxy) is 2. The van der Waals surface area contributed by atoms with E-state index in [2.05, 4.69) is 5.32 Å². The minimum atomic E-state index is -0.652. The lowest BCUT2D eigenvalue weighted by Crippen LogP contribution is -2.30. The maximum absolute atomic E-state index is 13.0. The molecule has 3 aromatic rings. The van der Waals surface area contributed by atoms with E-state index in [-0.39, 0.29) is 28.1 Å². The predicted molar refractivity (Wildman–Crippen MR) is 141 cm³/mol. The molecule has 8 nitrogen and oxygen atoms in total. The van der Waals surface area contributed by atoms with Gasteiger partial charge in [0, 0.05) is 12.1 Å². The van der Waals surface area contributed by atoms with Crippen molar-refractivity contribution in [3.63, 3.8) is 0 Å². The van der Waals surface area contributed by atoms with Gasteiger partial charge in [0.25, 0.3) is 5.91 Å². The van der Waals surface area contributed by atoms with Gasteiger partial charge in [0.05, 0.1) is 36.8 Å². The van der Waals surface area contributed by atoms with Crippen LogP contribution in [-0.2, 0) is 20.7 Å². The normalized spacial score (nSPS) is 14.8. The summed E-state index contributed by atoms with van der Waals surface area (Å²) in [6.45, 7) is 0.607. The molecule has 1 heterocycles. The first-order valence-corrected chi connectivity index (χ1v) is 12.6. The van der Waals surface area contributed by atoms with Crippen LogP contribution in [0.4, 0.5) is 5.69 Å². The quantitative estimate of drug-likeness (QED) is 0.443. The molecule has 4 rings (SSSR count). The Balaban J connectivity index is 1.49. The zero-order chi connectivity index (χ0) is 26.4. The molecule has 1 N–H and O–H groups in total. The van der Waals surface area contributed by atoms with Crippen LogP contribution in [0.1, 0.15) is 47.6 Å². The van der Waals surface area contributed by atoms with Crippen LogP contribution in [0.25, 0.3) is 0 Å². The van der Waals surface area contributed by atoms with E-state index in [1.807, 2.05) is 47.4 Å². The number of amides is 2. The standard InChI is InChI=1S/C28H26N2O6S/c1-35-27(33)21-12-13-22(28(34)36-2)23(16-21)29-25(32)19-8-10-20(11-9-19)26-30(24(31)17-37-26)15-14-18-6-4-3-5-7-18/h3-13,16,26H,14-15,17H2,1-2H3,(H,29,32)/t26-/m0/s1. The lowest BCUT2D eigenvalue weighted by Gasteiger charge is -2.24. The summed E-state index contributed by atoms with van der Waals surface area (Å²) < 4.78 is 9.52. The molecule has 9 heteroatoms. The smallest absolute Gasteiger partial charge is 0.339 e. The molecule has 3 aromatic carbocycles. The van der Waals surface area contributed by atoms with E-state index in [0.717, 1.165) is 12.0 Å². The summed E-state index contributed by atoms with van der Waals surface area (Å²) in [5.41, 5.74) is 2.86. The fourth-order valence-electron chi connectivity index (χ4n) is 4.04. The van der Waals surface area contributed by atoms with Crippen LogP contribution in [-0.4, -0.2) is 55.2 Å². The second-order valence-corrected chi connectivity index (χ2v) is 9.37. The van der Waals surface area contributed by atoms with Crippen molar-refractivity contribution in [3.05, 3.63) is 101 Å². The van der Waals surface area contributed by atoms with Gasteiger partial charge in [-0.25, -0.2) is 9.59 Å². The van der Waals surface area contributed by atoms with E-state index >= 15 is 0 Å². The van der Waals surface area contributed by atoms with Gasteiger partial charge in [0.15, 0.2) is 0 Å². The summed E-state index contributed by atoms with van der Waals surface area (Å²) in [5.74, 6) is -1.21. The van der Waals surface area contributed by atoms with Crippen LogP contribution in [0.15, 0.2) is 72.8 Å². The Morgan fingerprint density at radius 3 is 2.27 bits per heavy atom. The highest BCUT2D eigenvalue weighted by molar-refractivity contribution is 8.00. The molecule has 1 atom stereocenters. The van der Waals surface area contributed by atoms with Gasteiger partial charge in [0.1, 0.15) is 5.37 Å². The number of carbonyl (C=O) groups excluding carboxylic acids is 4. The number of nitrogens with one attached hydrogen (secondary N) is 1. The van der Waals surface area contributed by atoms with Gasteiger partial charge in [-0.3, -0.25) is 9.59 Å². The molecule has 0 aliphatic carbocycles. The van der Waals surface area contributed by atoms with Crippen molar-refractivity contribution in [3.8, 4) is 0 Å². The van der Waals surface area contributed by atoms with Crippen LogP contribution >= 0.6 is 11.8 Å². The first-order valence-electron chi connectivity index (χ1n) is 11.6. The van der Waals surface area contributed by atoms with Gasteiger partial charge in [0.2, 0.25) is 5.91 Å². The van der Waals surface area contributed by atoms with E-state index in [0.29, 0.717) is 17.9 Å². The van der Waals surface area contributed by atoms with Gasteiger partial charge < -0.3 is 19.7 Å². The van der Waals surface area contributed by atoms with E-state index < -0.39 is 17.8 Å². The molecule has 0 spiro atoms. The molecule has 1 saturated heterocycles. The number of thioether (sulfide) groups is 1. The van der Waals surface area contributed by atoms with Crippen molar-refractivity contribution in [1.29, 1.82) is 0 Å². The Labute approximate surface area is 218 Å². The zero-order valence-electron chi connectivity index (χ0n) is 20.4. The first kappa shape index (κ1) is 26.0. The highest BCUT2D eigenvalue weighted by Gasteiger charge is 2.32. The third-order valence-corrected chi connectivity index (χ3v) is 7.26. The second-order valence-electron chi connectivity index (χ2n) is 8.31. The van der Waals surface area contributed by atoms with E-state index in [1.54, 1.807) is 23.9 Å². The van der Waals surface area contributed by atoms with Crippen molar-refractivity contribution in [2.24, 2.45) is 0 Å². The summed E-state index contributed by atoms with van der Waals surface area (Å²) in [4.78, 5) is 51.5. The third-order valence-electron chi connectivity index (χ3n) is 6.00. The maximum Gasteiger partial charge on any atom is 0.339 e. The Bertz CT molecular complexity index is 1310. The molecule has 0 radical (unpaired) electrons. The van der Waals surface area contributed by atoms with Gasteiger partial charge >= 0.3 is 11.9 Å². The largest absolute Gasteiger partial charge is 0.465 e. The van der Waals surface area contributed by atoms with Gasteiger partial charge in [-0.1, -0.05) is 42.5 Å². The molecule has 2 amide bonds. The number of esters is 2. The maximum atomic E-state index is 13.0. The van der Waals surface area contributed by atoms with E-state index in [1.165, 1.54) is 38.0 Å². The van der Waals surface area contributed by atoms with Crippen molar-refractivity contribution in [2.75, 3.05) is 31.8 Å². The topological polar surface area (TPSA) is 102 Å². The summed E-state index contributed by atoms with van der Waals surface area (Å²) in [6, 6.07) is 21.2. The average Bonchev–Trinajstić information content (AvgIpc) is 3.31. The van der Waals surface area contributed by atoms with Crippen molar-refractivity contribution < 1.29 is 28.7 Å². The molecular formula is C28H26N2O6S. The number of benzene rings is 3. The summed E-state index contributed by atoms with van der Waals surface area (Å²) in [5, 5.41) is 2.56. The number of hydrogen-bond donors (Lipinski definition) is 1. The van der Waals surface area contributed by atoms with Crippen LogP contribution in [0, 0.1) is 0 Å². The molecule has 0 bridgehead atoms. The minimum Gasteiger partial charge on any atom is -0.465 e. The molecule has 0 aromatic heterocycles. The molecule has 37 heavy (non-hydrogen) atoms. The molecule has 0 saturated carbocycles. The molecule has 1 fully saturated rings. The SMILES string of the molecule is COC(=O)c1ccc(C(=O)OC)c(NC(=O)c2ccc([C@@H]3SCC(=O)N3CCc3ccccc3)cc2)c1. The molecule has 190 valence electrons. The molecular weight excluding hydrogens is 492 g/mol. The molecule has 0 unspecified atom stereocenters. The zero-order valence-corrected chi connectivity index (χ0v) is 21.2. The second kappa shape index (κ2) is 11.7. The van der Waals surface area contributed by atoms with Crippen LogP contribution in [0.2, 0.25) is 0 Å². The fourth-order valence-corrected chi connectivity index (χ4v) is 5.26. The van der Waals surface area contributed by atoms with Crippen LogP contribution in [0.3, 0.4) is 0 Å². The monoisotopic (exact) mass is 518 g/mol. The number of rotatable bonds is 8. The fraction of sp³-hybridized carbons (Fsp3) is 0.214. The van der Waals surface area contributed by atoms with Gasteiger partial charge in [-0.15, -0.1) is 11.8 Å². The van der Waals surface area contributed by atoms with Crippen molar-refractivity contribution >= 4 is 41.2 Å². The van der Waals surface area contributed by atoms with Crippen molar-refractivity contribution in [2.45, 2.75) is 11.8 Å². The van der Waals surface area contributed by atoms with Crippen molar-refractivity contribution in [1.82, 2.24) is 4.90 Å². The average molecular weight is 519 g/mol. The number of hydrogen-bond acceptors (Lipinski definition) is 7. The highest BCUT2D eigenvalue weighted by atomic mass is 32.2. The third kappa shape index (κ3) is 6.00. The lowest BCUT2D eigenvalue weighted by molar-refractivity contribution is -0.128. The summed E-state index contributed by atoms with van der Waals surface area (Å²) >= 11 is 1.56. The Morgan fingerprint density at radius 2 is 1.59 bits per heavy atom. The van der Waals surface area contributed by atoms with Crippen LogP contribution in [0.5, 0.6) is 0 Å². The Kier molecular flexibility index (Phi) is 8.25. The number of nitrogens with zero attached hydrogens (tertiary/aromatic N) is 1. The van der Waals surface area contributed by atoms with E-state index in [9.17, 15) is 19.2 Å². The molecule has 1 aliphatic heterocycles. The molecule has 1 aliphatic rings. The van der Waals surface area contributed by atoms with Crippen LogP contribution < -0.4 is 5.32 Å². The predicted octanol–water partition coefficient (Wildman–Crippen LogP) is 4.33. The number of anilines is 1.